The van der Waals surface area contributed by atoms with Gasteiger partial charge in [-0.05, 0) is 52.0 Å². The minimum absolute atomic E-state index is 0.186. The average Bonchev–Trinajstić information content (AvgIpc) is 2.72. The fourth-order valence-corrected chi connectivity index (χ4v) is 4.14. The minimum Gasteiger partial charge on any atom is -0.445 e. The van der Waals surface area contributed by atoms with Crippen LogP contribution in [0.5, 0.6) is 0 Å². The summed E-state index contributed by atoms with van der Waals surface area (Å²) < 4.78 is 10.8. The second kappa shape index (κ2) is 10.2. The lowest BCUT2D eigenvalue weighted by Crippen LogP contribution is -2.53. The minimum atomic E-state index is -0.469. The van der Waals surface area contributed by atoms with Crippen molar-refractivity contribution < 1.29 is 19.1 Å². The van der Waals surface area contributed by atoms with Crippen molar-refractivity contribution >= 4 is 12.2 Å². The number of nitrogens with zero attached hydrogens (tertiary/aromatic N) is 2. The zero-order chi connectivity index (χ0) is 21.6. The number of piperazine rings is 1. The molecule has 0 aromatic heterocycles. The van der Waals surface area contributed by atoms with Crippen molar-refractivity contribution in [2.75, 3.05) is 26.2 Å². The standard InChI is InChI=1S/C23H35N3O4/c1-23(2,3)30-21(27)24-19-9-11-20(12-10-19)25-13-15-26(16-14-25)22(28)29-17-18-7-5-4-6-8-18/h4-8,19-20H,9-17H2,1-3H3,(H,24,27)/t19-,20-. The molecule has 166 valence electrons. The fourth-order valence-electron chi connectivity index (χ4n) is 4.14. The van der Waals surface area contributed by atoms with Gasteiger partial charge in [0.2, 0.25) is 0 Å². The van der Waals surface area contributed by atoms with Gasteiger partial charge < -0.3 is 19.7 Å². The third-order valence-corrected chi connectivity index (χ3v) is 5.71. The van der Waals surface area contributed by atoms with Crippen molar-refractivity contribution in [2.24, 2.45) is 0 Å². The van der Waals surface area contributed by atoms with Gasteiger partial charge in [0.15, 0.2) is 0 Å². The van der Waals surface area contributed by atoms with Gasteiger partial charge in [0.25, 0.3) is 0 Å². The summed E-state index contributed by atoms with van der Waals surface area (Å²) in [6.45, 7) is 9.08. The van der Waals surface area contributed by atoms with E-state index in [2.05, 4.69) is 10.2 Å². The van der Waals surface area contributed by atoms with Gasteiger partial charge in [0, 0.05) is 38.3 Å². The van der Waals surface area contributed by atoms with Gasteiger partial charge in [-0.25, -0.2) is 9.59 Å². The van der Waals surface area contributed by atoms with Crippen LogP contribution in [0.4, 0.5) is 9.59 Å². The van der Waals surface area contributed by atoms with Crippen molar-refractivity contribution in [1.29, 1.82) is 0 Å². The van der Waals surface area contributed by atoms with Crippen LogP contribution >= 0.6 is 0 Å². The van der Waals surface area contributed by atoms with Crippen molar-refractivity contribution in [2.45, 2.75) is 70.7 Å². The Balaban J connectivity index is 1.35. The van der Waals surface area contributed by atoms with E-state index in [1.54, 1.807) is 4.90 Å². The summed E-state index contributed by atoms with van der Waals surface area (Å²) in [4.78, 5) is 28.6. The predicted octanol–water partition coefficient (Wildman–Crippen LogP) is 3.78. The number of amides is 2. The van der Waals surface area contributed by atoms with Gasteiger partial charge in [-0.3, -0.25) is 4.90 Å². The topological polar surface area (TPSA) is 71.1 Å². The molecule has 3 rings (SSSR count). The third kappa shape index (κ3) is 6.90. The first-order valence-electron chi connectivity index (χ1n) is 11.0. The molecule has 7 heteroatoms. The van der Waals surface area contributed by atoms with Crippen LogP contribution in [0.2, 0.25) is 0 Å². The second-order valence-electron chi connectivity index (χ2n) is 9.21. The van der Waals surface area contributed by atoms with E-state index in [-0.39, 0.29) is 18.2 Å². The van der Waals surface area contributed by atoms with Gasteiger partial charge in [0.1, 0.15) is 12.2 Å². The van der Waals surface area contributed by atoms with Crippen LogP contribution < -0.4 is 5.32 Å². The van der Waals surface area contributed by atoms with Crippen LogP contribution in [0.25, 0.3) is 0 Å². The van der Waals surface area contributed by atoms with Crippen molar-refractivity contribution in [3.63, 3.8) is 0 Å². The molecule has 30 heavy (non-hydrogen) atoms. The lowest BCUT2D eigenvalue weighted by molar-refractivity contribution is 0.0423. The Morgan fingerprint density at radius 1 is 1.00 bits per heavy atom. The van der Waals surface area contributed by atoms with Crippen LogP contribution in [-0.2, 0) is 16.1 Å². The molecular weight excluding hydrogens is 382 g/mol. The number of nitrogens with one attached hydrogen (secondary N) is 1. The monoisotopic (exact) mass is 417 g/mol. The Hall–Kier alpha value is -2.28. The number of carbonyl (C=O) groups excluding carboxylic acids is 2. The van der Waals surface area contributed by atoms with Gasteiger partial charge >= 0.3 is 12.2 Å². The summed E-state index contributed by atoms with van der Waals surface area (Å²) in [5.74, 6) is 0. The number of alkyl carbamates (subject to hydrolysis) is 1. The smallest absolute Gasteiger partial charge is 0.410 e. The number of ether oxygens (including phenoxy) is 2. The van der Waals surface area contributed by atoms with E-state index in [1.807, 2.05) is 51.1 Å². The molecule has 1 aromatic rings. The summed E-state index contributed by atoms with van der Waals surface area (Å²) in [5.41, 5.74) is 0.532. The van der Waals surface area contributed by atoms with E-state index in [1.165, 1.54) is 0 Å². The Morgan fingerprint density at radius 3 is 2.23 bits per heavy atom. The molecule has 1 saturated heterocycles. The predicted molar refractivity (Wildman–Crippen MR) is 115 cm³/mol. The lowest BCUT2D eigenvalue weighted by Gasteiger charge is -2.41. The van der Waals surface area contributed by atoms with Gasteiger partial charge in [-0.15, -0.1) is 0 Å². The molecule has 1 saturated carbocycles. The Labute approximate surface area is 179 Å². The summed E-state index contributed by atoms with van der Waals surface area (Å²) in [5, 5.41) is 3.00. The highest BCUT2D eigenvalue weighted by Crippen LogP contribution is 2.24. The van der Waals surface area contributed by atoms with E-state index >= 15 is 0 Å². The second-order valence-corrected chi connectivity index (χ2v) is 9.21. The largest absolute Gasteiger partial charge is 0.445 e. The Kier molecular flexibility index (Phi) is 7.58. The van der Waals surface area contributed by atoms with Gasteiger partial charge in [-0.2, -0.15) is 0 Å². The van der Waals surface area contributed by atoms with Crippen LogP contribution in [0.15, 0.2) is 30.3 Å². The van der Waals surface area contributed by atoms with E-state index < -0.39 is 5.60 Å². The maximum Gasteiger partial charge on any atom is 0.410 e. The number of benzene rings is 1. The van der Waals surface area contributed by atoms with Gasteiger partial charge in [0.05, 0.1) is 0 Å². The zero-order valence-electron chi connectivity index (χ0n) is 18.4. The average molecular weight is 418 g/mol. The molecular formula is C23H35N3O4. The Bertz CT molecular complexity index is 688. The lowest BCUT2D eigenvalue weighted by atomic mass is 9.90. The van der Waals surface area contributed by atoms with Crippen LogP contribution in [0, 0.1) is 0 Å². The molecule has 1 aliphatic carbocycles. The van der Waals surface area contributed by atoms with E-state index in [4.69, 9.17) is 9.47 Å². The molecule has 1 N–H and O–H groups in total. The molecule has 1 aliphatic heterocycles. The highest BCUT2D eigenvalue weighted by molar-refractivity contribution is 5.68. The van der Waals surface area contributed by atoms with E-state index in [9.17, 15) is 9.59 Å². The molecule has 1 aromatic carbocycles. The first kappa shape index (κ1) is 22.4. The maximum absolute atomic E-state index is 12.3. The number of carbonyl (C=O) groups is 2. The molecule has 1 heterocycles. The van der Waals surface area contributed by atoms with E-state index in [0.29, 0.717) is 25.7 Å². The molecule has 0 unspecified atom stereocenters. The first-order chi connectivity index (χ1) is 14.3. The summed E-state index contributed by atoms with van der Waals surface area (Å²) in [6, 6.07) is 10.5. The molecule has 0 spiro atoms. The zero-order valence-corrected chi connectivity index (χ0v) is 18.4. The van der Waals surface area contributed by atoms with Crippen LogP contribution in [-0.4, -0.2) is 65.9 Å². The molecule has 0 atom stereocenters. The number of hydrogen-bond donors (Lipinski definition) is 1. The number of rotatable bonds is 4. The summed E-state index contributed by atoms with van der Waals surface area (Å²) in [7, 11) is 0. The Morgan fingerprint density at radius 2 is 1.63 bits per heavy atom. The highest BCUT2D eigenvalue weighted by Gasteiger charge is 2.31. The van der Waals surface area contributed by atoms with Crippen molar-refractivity contribution in [3.8, 4) is 0 Å². The van der Waals surface area contributed by atoms with Crippen molar-refractivity contribution in [1.82, 2.24) is 15.1 Å². The van der Waals surface area contributed by atoms with Crippen LogP contribution in [0.1, 0.15) is 52.0 Å². The molecule has 0 radical (unpaired) electrons. The van der Waals surface area contributed by atoms with Crippen LogP contribution in [0.3, 0.4) is 0 Å². The molecule has 7 nitrogen and oxygen atoms in total. The highest BCUT2D eigenvalue weighted by atomic mass is 16.6. The fraction of sp³-hybridized carbons (Fsp3) is 0.652. The quantitative estimate of drug-likeness (QED) is 0.807. The normalized spacial score (nSPS) is 23.0. The summed E-state index contributed by atoms with van der Waals surface area (Å²) >= 11 is 0. The molecule has 2 aliphatic rings. The van der Waals surface area contributed by atoms with Gasteiger partial charge in [-0.1, -0.05) is 30.3 Å². The molecule has 2 fully saturated rings. The first-order valence-corrected chi connectivity index (χ1v) is 11.0. The van der Waals surface area contributed by atoms with Crippen molar-refractivity contribution in [3.05, 3.63) is 35.9 Å². The SMILES string of the molecule is CC(C)(C)OC(=O)N[C@H]1CC[C@H](N2CCN(C(=O)OCc3ccccc3)CC2)CC1. The molecule has 0 bridgehead atoms. The maximum atomic E-state index is 12.3. The van der Waals surface area contributed by atoms with E-state index in [0.717, 1.165) is 44.3 Å². The number of hydrogen-bond acceptors (Lipinski definition) is 5. The molecule has 2 amide bonds. The third-order valence-electron chi connectivity index (χ3n) is 5.71. The summed E-state index contributed by atoms with van der Waals surface area (Å²) in [6.07, 6.45) is 3.47.